The fraction of sp³-hybridized carbons (Fsp3) is 0.357. The van der Waals surface area contributed by atoms with Gasteiger partial charge in [-0.05, 0) is 12.0 Å². The van der Waals surface area contributed by atoms with E-state index in [1.54, 1.807) is 12.1 Å². The van der Waals surface area contributed by atoms with E-state index in [0.29, 0.717) is 17.5 Å². The van der Waals surface area contributed by atoms with Crippen LogP contribution in [0.1, 0.15) is 34.3 Å². The van der Waals surface area contributed by atoms with E-state index in [0.717, 1.165) is 0 Å². The fourth-order valence-corrected chi connectivity index (χ4v) is 2.84. The Labute approximate surface area is 120 Å². The number of carbonyl (C=O) groups is 3. The molecule has 1 fully saturated rings. The van der Waals surface area contributed by atoms with Crippen molar-refractivity contribution in [2.75, 3.05) is 0 Å². The van der Waals surface area contributed by atoms with Crippen molar-refractivity contribution >= 4 is 17.7 Å². The van der Waals surface area contributed by atoms with Gasteiger partial charge in [-0.15, -0.1) is 0 Å². The predicted octanol–water partition coefficient (Wildman–Crippen LogP) is -0.388. The number of amides is 3. The predicted molar refractivity (Wildman–Crippen MR) is 72.0 cm³/mol. The Kier molecular flexibility index (Phi) is 3.13. The summed E-state index contributed by atoms with van der Waals surface area (Å²) in [6, 6.07) is 2.74. The van der Waals surface area contributed by atoms with Gasteiger partial charge < -0.3 is 15.7 Å². The lowest BCUT2D eigenvalue weighted by Gasteiger charge is -2.29. The number of phenols is 1. The zero-order chi connectivity index (χ0) is 15.1. The molecular weight excluding hydrogens is 274 g/mol. The molecule has 110 valence electrons. The molecule has 0 aromatic heterocycles. The fourth-order valence-electron chi connectivity index (χ4n) is 2.84. The number of aromatic hydroxyl groups is 1. The third kappa shape index (κ3) is 2.06. The van der Waals surface area contributed by atoms with Crippen LogP contribution in [0, 0.1) is 0 Å². The third-order valence-corrected chi connectivity index (χ3v) is 3.97. The summed E-state index contributed by atoms with van der Waals surface area (Å²) in [4.78, 5) is 36.9. The summed E-state index contributed by atoms with van der Waals surface area (Å²) >= 11 is 0. The molecule has 1 saturated heterocycles. The van der Waals surface area contributed by atoms with Crippen molar-refractivity contribution in [1.82, 2.24) is 10.2 Å². The van der Waals surface area contributed by atoms with E-state index >= 15 is 0 Å². The maximum Gasteiger partial charge on any atom is 0.258 e. The molecule has 0 bridgehead atoms. The average Bonchev–Trinajstić information content (AvgIpc) is 2.77. The lowest BCUT2D eigenvalue weighted by Crippen LogP contribution is -2.52. The van der Waals surface area contributed by atoms with E-state index in [2.05, 4.69) is 5.32 Å². The van der Waals surface area contributed by atoms with Gasteiger partial charge in [0.2, 0.25) is 11.8 Å². The van der Waals surface area contributed by atoms with Crippen molar-refractivity contribution in [3.8, 4) is 5.75 Å². The van der Waals surface area contributed by atoms with E-state index < -0.39 is 17.9 Å². The lowest BCUT2D eigenvalue weighted by atomic mass is 10.0. The summed E-state index contributed by atoms with van der Waals surface area (Å²) in [5.41, 5.74) is 6.89. The lowest BCUT2D eigenvalue weighted by molar-refractivity contribution is -0.136. The number of hydrogen-bond acceptors (Lipinski definition) is 5. The normalized spacial score (nSPS) is 21.5. The number of fused-ring (bicyclic) bond motifs is 1. The number of carbonyl (C=O) groups excluding carboxylic acids is 3. The van der Waals surface area contributed by atoms with Crippen LogP contribution in [-0.2, 0) is 22.7 Å². The van der Waals surface area contributed by atoms with Gasteiger partial charge in [0.15, 0.2) is 0 Å². The molecule has 0 radical (unpaired) electrons. The Bertz CT molecular complexity index is 656. The quantitative estimate of drug-likeness (QED) is 0.642. The minimum Gasteiger partial charge on any atom is -0.507 e. The summed E-state index contributed by atoms with van der Waals surface area (Å²) < 4.78 is 0. The van der Waals surface area contributed by atoms with Gasteiger partial charge in [0.05, 0.1) is 5.56 Å². The first-order valence-corrected chi connectivity index (χ1v) is 6.71. The molecule has 3 amide bonds. The summed E-state index contributed by atoms with van der Waals surface area (Å²) in [7, 11) is 0. The largest absolute Gasteiger partial charge is 0.507 e. The van der Waals surface area contributed by atoms with Crippen LogP contribution in [0.25, 0.3) is 0 Å². The molecule has 0 spiro atoms. The van der Waals surface area contributed by atoms with Gasteiger partial charge in [-0.25, -0.2) is 0 Å². The molecule has 7 nitrogen and oxygen atoms in total. The number of imide groups is 1. The number of piperidine rings is 1. The highest BCUT2D eigenvalue weighted by atomic mass is 16.3. The Morgan fingerprint density at radius 2 is 2.10 bits per heavy atom. The second-order valence-electron chi connectivity index (χ2n) is 5.21. The standard InChI is InChI=1S/C14H15N3O4/c15-5-7-1-2-8-6-17(14(21)11(8)12(7)19)9-3-4-10(18)16-13(9)20/h1-2,9,19H,3-6,15H2,(H,16,18,20). The first-order valence-electron chi connectivity index (χ1n) is 6.71. The van der Waals surface area contributed by atoms with Crippen LogP contribution in [0.5, 0.6) is 5.75 Å². The highest BCUT2D eigenvalue weighted by Gasteiger charge is 2.40. The molecular formula is C14H15N3O4. The van der Waals surface area contributed by atoms with Crippen molar-refractivity contribution in [2.24, 2.45) is 5.73 Å². The van der Waals surface area contributed by atoms with Gasteiger partial charge in [0.25, 0.3) is 5.91 Å². The van der Waals surface area contributed by atoms with Gasteiger partial charge >= 0.3 is 0 Å². The number of nitrogens with zero attached hydrogens (tertiary/aromatic N) is 1. The molecule has 3 rings (SSSR count). The first-order chi connectivity index (χ1) is 10.0. The van der Waals surface area contributed by atoms with Crippen LogP contribution in [0.15, 0.2) is 12.1 Å². The second-order valence-corrected chi connectivity index (χ2v) is 5.21. The van der Waals surface area contributed by atoms with Crippen LogP contribution in [0.2, 0.25) is 0 Å². The second kappa shape index (κ2) is 4.85. The van der Waals surface area contributed by atoms with Crippen molar-refractivity contribution in [2.45, 2.75) is 32.0 Å². The molecule has 4 N–H and O–H groups in total. The van der Waals surface area contributed by atoms with E-state index in [4.69, 9.17) is 5.73 Å². The summed E-state index contributed by atoms with van der Waals surface area (Å²) in [6.07, 6.45) is 0.505. The third-order valence-electron chi connectivity index (χ3n) is 3.97. The molecule has 2 aliphatic heterocycles. The van der Waals surface area contributed by atoms with Crippen LogP contribution >= 0.6 is 0 Å². The minimum atomic E-state index is -0.677. The Balaban J connectivity index is 1.92. The number of phenolic OH excluding ortho intramolecular Hbond substituents is 1. The molecule has 0 aliphatic carbocycles. The van der Waals surface area contributed by atoms with Gasteiger partial charge in [-0.3, -0.25) is 19.7 Å². The molecule has 1 aromatic rings. The summed E-state index contributed by atoms with van der Waals surface area (Å²) in [6.45, 7) is 0.379. The molecule has 2 aliphatic rings. The van der Waals surface area contributed by atoms with Crippen molar-refractivity contribution in [1.29, 1.82) is 0 Å². The van der Waals surface area contributed by atoms with E-state index in [1.165, 1.54) is 4.90 Å². The average molecular weight is 289 g/mol. The maximum absolute atomic E-state index is 12.5. The van der Waals surface area contributed by atoms with Crippen LogP contribution in [0.4, 0.5) is 0 Å². The molecule has 2 heterocycles. The number of nitrogens with one attached hydrogen (secondary N) is 1. The molecule has 1 unspecified atom stereocenters. The summed E-state index contributed by atoms with van der Waals surface area (Å²) in [5, 5.41) is 12.4. The molecule has 0 saturated carbocycles. The number of benzene rings is 1. The molecule has 7 heteroatoms. The maximum atomic E-state index is 12.5. The van der Waals surface area contributed by atoms with Gasteiger partial charge in [0, 0.05) is 25.1 Å². The monoisotopic (exact) mass is 289 g/mol. The van der Waals surface area contributed by atoms with Gasteiger partial charge in [0.1, 0.15) is 11.8 Å². The van der Waals surface area contributed by atoms with E-state index in [1.807, 2.05) is 0 Å². The number of hydrogen-bond donors (Lipinski definition) is 3. The highest BCUT2D eigenvalue weighted by Crippen LogP contribution is 2.35. The van der Waals surface area contributed by atoms with Crippen LogP contribution in [0.3, 0.4) is 0 Å². The minimum absolute atomic E-state index is 0.116. The van der Waals surface area contributed by atoms with Gasteiger partial charge in [-0.2, -0.15) is 0 Å². The first kappa shape index (κ1) is 13.6. The number of nitrogens with two attached hydrogens (primary N) is 1. The van der Waals surface area contributed by atoms with Crippen LogP contribution in [-0.4, -0.2) is 33.8 Å². The molecule has 1 atom stereocenters. The van der Waals surface area contributed by atoms with Crippen molar-refractivity contribution in [3.05, 3.63) is 28.8 Å². The highest BCUT2D eigenvalue weighted by molar-refractivity contribution is 6.06. The Morgan fingerprint density at radius 1 is 1.33 bits per heavy atom. The number of rotatable bonds is 2. The zero-order valence-electron chi connectivity index (χ0n) is 11.3. The van der Waals surface area contributed by atoms with E-state index in [-0.39, 0.29) is 36.7 Å². The van der Waals surface area contributed by atoms with Crippen molar-refractivity contribution < 1.29 is 19.5 Å². The van der Waals surface area contributed by atoms with Gasteiger partial charge in [-0.1, -0.05) is 12.1 Å². The Morgan fingerprint density at radius 3 is 2.76 bits per heavy atom. The van der Waals surface area contributed by atoms with Crippen molar-refractivity contribution in [3.63, 3.8) is 0 Å². The smallest absolute Gasteiger partial charge is 0.258 e. The topological polar surface area (TPSA) is 113 Å². The Hall–Kier alpha value is -2.41. The zero-order valence-corrected chi connectivity index (χ0v) is 11.3. The SMILES string of the molecule is NCc1ccc2c(c1O)C(=O)N(C1CCC(=O)NC1=O)C2. The summed E-state index contributed by atoms with van der Waals surface area (Å²) in [5.74, 6) is -1.30. The molecule has 21 heavy (non-hydrogen) atoms. The van der Waals surface area contributed by atoms with Crippen LogP contribution < -0.4 is 11.1 Å². The van der Waals surface area contributed by atoms with E-state index in [9.17, 15) is 19.5 Å². The molecule has 1 aromatic carbocycles.